The molecule has 0 aliphatic heterocycles. The Morgan fingerprint density at radius 2 is 1.58 bits per heavy atom. The number of amides is 3. The van der Waals surface area contributed by atoms with Gasteiger partial charge in [-0.3, -0.25) is 25.2 Å². The van der Waals surface area contributed by atoms with Crippen LogP contribution in [0.25, 0.3) is 0 Å². The predicted molar refractivity (Wildman–Crippen MR) is 118 cm³/mol. The molecule has 2 rings (SSSR count). The predicted octanol–water partition coefficient (Wildman–Crippen LogP) is 3.31. The second kappa shape index (κ2) is 13.0. The van der Waals surface area contributed by atoms with Crippen LogP contribution >= 0.6 is 0 Å². The molecular formula is C23H29N3O5. The third-order valence-corrected chi connectivity index (χ3v) is 4.27. The van der Waals surface area contributed by atoms with Crippen LogP contribution in [0.3, 0.4) is 0 Å². The van der Waals surface area contributed by atoms with Crippen molar-refractivity contribution < 1.29 is 23.9 Å². The fourth-order valence-electron chi connectivity index (χ4n) is 2.61. The summed E-state index contributed by atoms with van der Waals surface area (Å²) in [6.07, 6.45) is 2.24. The number of hydrogen-bond donors (Lipinski definition) is 3. The number of nitrogens with one attached hydrogen (secondary N) is 3. The molecule has 3 N–H and O–H groups in total. The second-order valence-corrected chi connectivity index (χ2v) is 6.71. The van der Waals surface area contributed by atoms with Crippen LogP contribution in [0.4, 0.5) is 5.69 Å². The first-order chi connectivity index (χ1) is 15.0. The highest BCUT2D eigenvalue weighted by Crippen LogP contribution is 2.13. The smallest absolute Gasteiger partial charge is 0.269 e. The molecule has 166 valence electrons. The van der Waals surface area contributed by atoms with Crippen molar-refractivity contribution in [1.82, 2.24) is 10.9 Å². The van der Waals surface area contributed by atoms with E-state index in [4.69, 9.17) is 9.47 Å². The maximum absolute atomic E-state index is 12.3. The summed E-state index contributed by atoms with van der Waals surface area (Å²) in [5, 5.41) is 2.78. The molecule has 3 amide bonds. The van der Waals surface area contributed by atoms with E-state index in [0.717, 1.165) is 12.8 Å². The van der Waals surface area contributed by atoms with E-state index in [9.17, 15) is 14.4 Å². The monoisotopic (exact) mass is 427 g/mol. The molecule has 31 heavy (non-hydrogen) atoms. The van der Waals surface area contributed by atoms with Crippen molar-refractivity contribution in [2.24, 2.45) is 0 Å². The van der Waals surface area contributed by atoms with Crippen molar-refractivity contribution in [2.45, 2.75) is 33.1 Å². The van der Waals surface area contributed by atoms with Gasteiger partial charge in [0, 0.05) is 29.8 Å². The molecule has 8 nitrogen and oxygen atoms in total. The Bertz CT molecular complexity index is 868. The van der Waals surface area contributed by atoms with Crippen LogP contribution in [0.2, 0.25) is 0 Å². The Labute approximate surface area is 182 Å². The zero-order valence-electron chi connectivity index (χ0n) is 17.9. The molecule has 0 aliphatic rings. The number of anilines is 1. The van der Waals surface area contributed by atoms with Crippen molar-refractivity contribution in [3.63, 3.8) is 0 Å². The summed E-state index contributed by atoms with van der Waals surface area (Å²) in [4.78, 5) is 36.4. The number of unbranched alkanes of at least 4 members (excludes halogenated alkanes) is 1. The van der Waals surface area contributed by atoms with Crippen molar-refractivity contribution in [2.75, 3.05) is 25.1 Å². The van der Waals surface area contributed by atoms with Crippen LogP contribution in [0, 0.1) is 0 Å². The van der Waals surface area contributed by atoms with Gasteiger partial charge in [-0.25, -0.2) is 0 Å². The van der Waals surface area contributed by atoms with Gasteiger partial charge in [-0.1, -0.05) is 19.4 Å². The number of rotatable bonds is 11. The molecule has 0 spiro atoms. The van der Waals surface area contributed by atoms with Crippen LogP contribution in [0.5, 0.6) is 5.75 Å². The molecule has 0 fully saturated rings. The lowest BCUT2D eigenvalue weighted by Gasteiger charge is -2.10. The van der Waals surface area contributed by atoms with Gasteiger partial charge in [0.25, 0.3) is 11.8 Å². The van der Waals surface area contributed by atoms with Crippen LogP contribution in [0.15, 0.2) is 48.5 Å². The molecule has 0 saturated heterocycles. The number of benzene rings is 2. The van der Waals surface area contributed by atoms with Crippen molar-refractivity contribution >= 4 is 23.4 Å². The van der Waals surface area contributed by atoms with Gasteiger partial charge in [-0.2, -0.15) is 0 Å². The molecule has 0 aromatic heterocycles. The van der Waals surface area contributed by atoms with Crippen LogP contribution in [-0.4, -0.2) is 37.5 Å². The quantitative estimate of drug-likeness (QED) is 0.377. The minimum Gasteiger partial charge on any atom is -0.491 e. The van der Waals surface area contributed by atoms with Gasteiger partial charge in [-0.15, -0.1) is 0 Å². The number of carbonyl (C=O) groups is 3. The maximum Gasteiger partial charge on any atom is 0.269 e. The lowest BCUT2D eigenvalue weighted by Crippen LogP contribution is -2.41. The lowest BCUT2D eigenvalue weighted by molar-refractivity contribution is -0.116. The fraction of sp³-hybridized carbons (Fsp3) is 0.348. The van der Waals surface area contributed by atoms with E-state index in [0.29, 0.717) is 48.8 Å². The third kappa shape index (κ3) is 8.47. The molecule has 2 aromatic carbocycles. The molecule has 8 heteroatoms. The van der Waals surface area contributed by atoms with Gasteiger partial charge in [0.05, 0.1) is 6.61 Å². The maximum atomic E-state index is 12.3. The van der Waals surface area contributed by atoms with Crippen LogP contribution in [0.1, 0.15) is 53.8 Å². The standard InChI is InChI=1S/C23H29N3O5/c1-3-5-9-21(27)24-19-12-10-17(11-13-19)22(28)25-26-23(29)18-7-6-8-20(16-18)31-15-14-30-4-2/h6-8,10-13,16H,3-5,9,14-15H2,1-2H3,(H,24,27)(H,25,28)(H,26,29). The number of hydrogen-bond acceptors (Lipinski definition) is 5. The van der Waals surface area contributed by atoms with E-state index < -0.39 is 11.8 Å². The first-order valence-corrected chi connectivity index (χ1v) is 10.3. The summed E-state index contributed by atoms with van der Waals surface area (Å²) in [5.74, 6) is -0.463. The van der Waals surface area contributed by atoms with Gasteiger partial charge in [0.15, 0.2) is 0 Å². The Morgan fingerprint density at radius 1 is 0.871 bits per heavy atom. The van der Waals surface area contributed by atoms with Gasteiger partial charge >= 0.3 is 0 Å². The summed E-state index contributed by atoms with van der Waals surface area (Å²) >= 11 is 0. The van der Waals surface area contributed by atoms with Crippen LogP contribution < -0.4 is 20.9 Å². The first kappa shape index (κ1) is 23.9. The topological polar surface area (TPSA) is 106 Å². The Balaban J connectivity index is 1.83. The summed E-state index contributed by atoms with van der Waals surface area (Å²) in [5.41, 5.74) is 6.07. The largest absolute Gasteiger partial charge is 0.491 e. The lowest BCUT2D eigenvalue weighted by atomic mass is 10.2. The minimum absolute atomic E-state index is 0.0598. The van der Waals surface area contributed by atoms with Crippen molar-refractivity contribution in [3.8, 4) is 5.75 Å². The summed E-state index contributed by atoms with van der Waals surface area (Å²) < 4.78 is 10.7. The molecule has 2 aromatic rings. The van der Waals surface area contributed by atoms with Crippen molar-refractivity contribution in [1.29, 1.82) is 0 Å². The molecule has 0 saturated carbocycles. The van der Waals surface area contributed by atoms with Gasteiger partial charge in [0.1, 0.15) is 12.4 Å². The summed E-state index contributed by atoms with van der Waals surface area (Å²) in [6.45, 7) is 5.38. The van der Waals surface area contributed by atoms with Crippen LogP contribution in [-0.2, 0) is 9.53 Å². The molecule has 0 aliphatic carbocycles. The number of hydrazine groups is 1. The second-order valence-electron chi connectivity index (χ2n) is 6.71. The molecule has 0 radical (unpaired) electrons. The molecule has 0 unspecified atom stereocenters. The average molecular weight is 428 g/mol. The Kier molecular flexibility index (Phi) is 10.0. The normalized spacial score (nSPS) is 10.3. The first-order valence-electron chi connectivity index (χ1n) is 10.3. The fourth-order valence-corrected chi connectivity index (χ4v) is 2.61. The zero-order chi connectivity index (χ0) is 22.5. The average Bonchev–Trinajstić information content (AvgIpc) is 2.79. The summed E-state index contributed by atoms with van der Waals surface area (Å²) in [7, 11) is 0. The van der Waals surface area contributed by atoms with E-state index in [-0.39, 0.29) is 5.91 Å². The zero-order valence-corrected chi connectivity index (χ0v) is 17.9. The van der Waals surface area contributed by atoms with E-state index in [1.54, 1.807) is 48.5 Å². The Hall–Kier alpha value is -3.39. The van der Waals surface area contributed by atoms with Gasteiger partial charge in [0.2, 0.25) is 5.91 Å². The van der Waals surface area contributed by atoms with E-state index in [1.165, 1.54) is 0 Å². The summed E-state index contributed by atoms with van der Waals surface area (Å²) in [6, 6.07) is 13.1. The van der Waals surface area contributed by atoms with Gasteiger partial charge < -0.3 is 14.8 Å². The molecule has 0 bridgehead atoms. The number of carbonyl (C=O) groups excluding carboxylic acids is 3. The highest BCUT2D eigenvalue weighted by atomic mass is 16.5. The highest BCUT2D eigenvalue weighted by Gasteiger charge is 2.10. The molecular weight excluding hydrogens is 398 g/mol. The van der Waals surface area contributed by atoms with E-state index in [1.807, 2.05) is 13.8 Å². The van der Waals surface area contributed by atoms with E-state index in [2.05, 4.69) is 16.2 Å². The number of ether oxygens (including phenoxy) is 2. The SMILES string of the molecule is CCCCC(=O)Nc1ccc(C(=O)NNC(=O)c2cccc(OCCOCC)c2)cc1. The molecule has 0 atom stereocenters. The van der Waals surface area contributed by atoms with Gasteiger partial charge in [-0.05, 0) is 55.8 Å². The third-order valence-electron chi connectivity index (χ3n) is 4.27. The van der Waals surface area contributed by atoms with E-state index >= 15 is 0 Å². The highest BCUT2D eigenvalue weighted by molar-refractivity contribution is 5.99. The minimum atomic E-state index is -0.471. The Morgan fingerprint density at radius 3 is 2.26 bits per heavy atom. The van der Waals surface area contributed by atoms with Crippen molar-refractivity contribution in [3.05, 3.63) is 59.7 Å². The molecule has 0 heterocycles.